The van der Waals surface area contributed by atoms with Crippen molar-refractivity contribution in [2.75, 3.05) is 18.2 Å². The number of halogens is 2. The normalized spacial score (nSPS) is 10.2. The summed E-state index contributed by atoms with van der Waals surface area (Å²) >= 11 is 0. The van der Waals surface area contributed by atoms with Gasteiger partial charge < -0.3 is 15.8 Å². The molecule has 0 fully saturated rings. The third-order valence-electron chi connectivity index (χ3n) is 2.66. The molecule has 0 aromatic heterocycles. The van der Waals surface area contributed by atoms with E-state index in [0.717, 1.165) is 6.07 Å². The van der Waals surface area contributed by atoms with E-state index in [-0.39, 0.29) is 16.9 Å². The van der Waals surface area contributed by atoms with Crippen LogP contribution in [-0.2, 0) is 0 Å². The molecule has 0 radical (unpaired) electrons. The first kappa shape index (κ1) is 13.8. The second-order valence-electron chi connectivity index (χ2n) is 4.04. The van der Waals surface area contributed by atoms with Gasteiger partial charge in [-0.25, -0.2) is 8.78 Å². The predicted molar refractivity (Wildman–Crippen MR) is 71.7 cm³/mol. The molecule has 0 aliphatic heterocycles. The summed E-state index contributed by atoms with van der Waals surface area (Å²) < 4.78 is 31.5. The average molecular weight is 278 g/mol. The van der Waals surface area contributed by atoms with Crippen LogP contribution in [0.3, 0.4) is 0 Å². The summed E-state index contributed by atoms with van der Waals surface area (Å²) in [5.74, 6) is -1.82. The van der Waals surface area contributed by atoms with Crippen LogP contribution in [0.15, 0.2) is 36.4 Å². The van der Waals surface area contributed by atoms with Gasteiger partial charge in [0.05, 0.1) is 12.8 Å². The van der Waals surface area contributed by atoms with E-state index >= 15 is 0 Å². The topological polar surface area (TPSA) is 64.3 Å². The highest BCUT2D eigenvalue weighted by Gasteiger charge is 2.14. The molecule has 4 nitrogen and oxygen atoms in total. The van der Waals surface area contributed by atoms with Crippen molar-refractivity contribution in [2.24, 2.45) is 0 Å². The number of rotatable bonds is 3. The van der Waals surface area contributed by atoms with E-state index in [0.29, 0.717) is 11.8 Å². The molecular formula is C14H12F2N2O2. The van der Waals surface area contributed by atoms with Gasteiger partial charge in [0.1, 0.15) is 17.3 Å². The first-order valence-corrected chi connectivity index (χ1v) is 5.71. The van der Waals surface area contributed by atoms with Crippen LogP contribution in [0.1, 0.15) is 10.4 Å². The lowest BCUT2D eigenvalue weighted by Gasteiger charge is -2.10. The van der Waals surface area contributed by atoms with Crippen molar-refractivity contribution in [1.82, 2.24) is 0 Å². The highest BCUT2D eigenvalue weighted by molar-refractivity contribution is 6.06. The molecule has 2 aromatic carbocycles. The Morgan fingerprint density at radius 2 is 2.00 bits per heavy atom. The molecule has 1 amide bonds. The van der Waals surface area contributed by atoms with Crippen LogP contribution in [0.5, 0.6) is 5.75 Å². The number of anilines is 2. The minimum absolute atomic E-state index is 0.182. The van der Waals surface area contributed by atoms with Gasteiger partial charge in [-0.15, -0.1) is 0 Å². The number of hydrogen-bond donors (Lipinski definition) is 2. The molecule has 2 rings (SSSR count). The first-order valence-electron chi connectivity index (χ1n) is 5.71. The van der Waals surface area contributed by atoms with E-state index in [1.54, 1.807) is 12.1 Å². The maximum Gasteiger partial charge on any atom is 0.255 e. The second-order valence-corrected chi connectivity index (χ2v) is 4.04. The molecule has 3 N–H and O–H groups in total. The number of carbonyl (C=O) groups excluding carboxylic acids is 1. The van der Waals surface area contributed by atoms with Gasteiger partial charge in [-0.1, -0.05) is 6.07 Å². The Kier molecular flexibility index (Phi) is 3.84. The molecule has 0 atom stereocenters. The Bertz CT molecular complexity index is 636. The summed E-state index contributed by atoms with van der Waals surface area (Å²) in [6, 6.07) is 7.91. The Balaban J connectivity index is 2.28. The van der Waals surface area contributed by atoms with Crippen LogP contribution < -0.4 is 15.8 Å². The zero-order valence-corrected chi connectivity index (χ0v) is 10.6. The van der Waals surface area contributed by atoms with Crippen molar-refractivity contribution in [1.29, 1.82) is 0 Å². The lowest BCUT2D eigenvalue weighted by atomic mass is 10.2. The lowest BCUT2D eigenvalue weighted by Crippen LogP contribution is -2.14. The number of benzene rings is 2. The fourth-order valence-corrected chi connectivity index (χ4v) is 1.68. The third kappa shape index (κ3) is 2.85. The van der Waals surface area contributed by atoms with E-state index in [4.69, 9.17) is 10.5 Å². The molecule has 104 valence electrons. The number of ether oxygens (including phenoxy) is 1. The van der Waals surface area contributed by atoms with Gasteiger partial charge in [-0.05, 0) is 24.3 Å². The smallest absolute Gasteiger partial charge is 0.255 e. The maximum atomic E-state index is 13.6. The third-order valence-corrected chi connectivity index (χ3v) is 2.66. The van der Waals surface area contributed by atoms with Gasteiger partial charge in [0, 0.05) is 11.6 Å². The summed E-state index contributed by atoms with van der Waals surface area (Å²) in [5.41, 5.74) is 5.32. The Morgan fingerprint density at radius 1 is 1.25 bits per heavy atom. The highest BCUT2D eigenvalue weighted by Crippen LogP contribution is 2.24. The molecule has 0 saturated heterocycles. The minimum Gasteiger partial charge on any atom is -0.497 e. The van der Waals surface area contributed by atoms with Crippen LogP contribution >= 0.6 is 0 Å². The summed E-state index contributed by atoms with van der Waals surface area (Å²) in [5, 5.41) is 2.31. The quantitative estimate of drug-likeness (QED) is 0.848. The van der Waals surface area contributed by atoms with E-state index in [2.05, 4.69) is 5.32 Å². The van der Waals surface area contributed by atoms with Crippen LogP contribution in [0.25, 0.3) is 0 Å². The second kappa shape index (κ2) is 5.56. The zero-order valence-electron chi connectivity index (χ0n) is 10.6. The highest BCUT2D eigenvalue weighted by atomic mass is 19.1. The van der Waals surface area contributed by atoms with E-state index in [9.17, 15) is 13.6 Å². The average Bonchev–Trinajstić information content (AvgIpc) is 2.42. The van der Waals surface area contributed by atoms with Gasteiger partial charge in [-0.2, -0.15) is 0 Å². The molecule has 0 unspecified atom stereocenters. The van der Waals surface area contributed by atoms with Crippen LogP contribution in [0.2, 0.25) is 0 Å². The fraction of sp³-hybridized carbons (Fsp3) is 0.0714. The number of nitrogens with one attached hydrogen (secondary N) is 1. The van der Waals surface area contributed by atoms with Gasteiger partial charge >= 0.3 is 0 Å². The summed E-state index contributed by atoms with van der Waals surface area (Å²) in [4.78, 5) is 12.0. The summed E-state index contributed by atoms with van der Waals surface area (Å²) in [7, 11) is 1.47. The Morgan fingerprint density at radius 3 is 2.65 bits per heavy atom. The predicted octanol–water partition coefficient (Wildman–Crippen LogP) is 2.81. The van der Waals surface area contributed by atoms with Crippen molar-refractivity contribution in [3.8, 4) is 5.75 Å². The standard InChI is InChI=1S/C14H12F2N2O2/c1-20-10-4-2-3-8(5-10)14(19)18-13-11(16)6-9(15)7-12(13)17/h2-7H,17H2,1H3,(H,18,19). The molecular weight excluding hydrogens is 266 g/mol. The summed E-state index contributed by atoms with van der Waals surface area (Å²) in [6.07, 6.45) is 0. The largest absolute Gasteiger partial charge is 0.497 e. The van der Waals surface area contributed by atoms with E-state index in [1.807, 2.05) is 0 Å². The number of nitrogen functional groups attached to an aromatic ring is 1. The lowest BCUT2D eigenvalue weighted by molar-refractivity contribution is 0.102. The van der Waals surface area contributed by atoms with Crippen molar-refractivity contribution < 1.29 is 18.3 Å². The van der Waals surface area contributed by atoms with Gasteiger partial charge in [0.15, 0.2) is 5.82 Å². The van der Waals surface area contributed by atoms with Crippen molar-refractivity contribution in [3.63, 3.8) is 0 Å². The van der Waals surface area contributed by atoms with Crippen molar-refractivity contribution in [2.45, 2.75) is 0 Å². The minimum atomic E-state index is -0.932. The molecule has 0 saturated carbocycles. The summed E-state index contributed by atoms with van der Waals surface area (Å²) in [6.45, 7) is 0. The Hall–Kier alpha value is -2.63. The number of carbonyl (C=O) groups is 1. The number of nitrogens with two attached hydrogens (primary N) is 1. The van der Waals surface area contributed by atoms with Gasteiger partial charge in [0.25, 0.3) is 5.91 Å². The van der Waals surface area contributed by atoms with Crippen LogP contribution in [-0.4, -0.2) is 13.0 Å². The SMILES string of the molecule is COc1cccc(C(=O)Nc2c(N)cc(F)cc2F)c1. The molecule has 20 heavy (non-hydrogen) atoms. The van der Waals surface area contributed by atoms with Crippen molar-refractivity contribution in [3.05, 3.63) is 53.6 Å². The first-order chi connectivity index (χ1) is 9.51. The number of methoxy groups -OCH3 is 1. The number of amides is 1. The molecule has 0 aliphatic carbocycles. The van der Waals surface area contributed by atoms with Gasteiger partial charge in [0.2, 0.25) is 0 Å². The molecule has 0 aliphatic rings. The molecule has 2 aromatic rings. The van der Waals surface area contributed by atoms with Crippen LogP contribution in [0.4, 0.5) is 20.2 Å². The molecule has 0 bridgehead atoms. The maximum absolute atomic E-state index is 13.6. The molecule has 0 spiro atoms. The fourth-order valence-electron chi connectivity index (χ4n) is 1.68. The molecule has 6 heteroatoms. The Labute approximate surface area is 114 Å². The van der Waals surface area contributed by atoms with E-state index < -0.39 is 17.5 Å². The van der Waals surface area contributed by atoms with Crippen LogP contribution in [0, 0.1) is 11.6 Å². The molecule has 0 heterocycles. The van der Waals surface area contributed by atoms with E-state index in [1.165, 1.54) is 19.2 Å². The number of hydrogen-bond acceptors (Lipinski definition) is 3. The van der Waals surface area contributed by atoms with Crippen molar-refractivity contribution >= 4 is 17.3 Å². The monoisotopic (exact) mass is 278 g/mol. The zero-order chi connectivity index (χ0) is 14.7. The van der Waals surface area contributed by atoms with Gasteiger partial charge in [-0.3, -0.25) is 4.79 Å².